The van der Waals surface area contributed by atoms with Crippen LogP contribution in [0.2, 0.25) is 0 Å². The topological polar surface area (TPSA) is 70.2 Å². The first-order valence-electron chi connectivity index (χ1n) is 10.8. The summed E-state index contributed by atoms with van der Waals surface area (Å²) in [5.74, 6) is -0.511. The molecule has 0 heterocycles. The number of nitrogens with one attached hydrogen (secondary N) is 3. The van der Waals surface area contributed by atoms with Gasteiger partial charge in [-0.3, -0.25) is 14.9 Å². The van der Waals surface area contributed by atoms with E-state index >= 15 is 0 Å². The normalized spacial score (nSPS) is 10.6. The van der Waals surface area contributed by atoms with E-state index in [9.17, 15) is 9.59 Å². The zero-order valence-corrected chi connectivity index (χ0v) is 18.1. The molecule has 0 saturated heterocycles. The Kier molecular flexibility index (Phi) is 7.25. The van der Waals surface area contributed by atoms with Crippen LogP contribution >= 0.6 is 0 Å². The highest BCUT2D eigenvalue weighted by Gasteiger charge is 2.17. The summed E-state index contributed by atoms with van der Waals surface area (Å²) in [5, 5.41) is 9.08. The Balaban J connectivity index is 1.45. The molecule has 3 N–H and O–H groups in total. The molecule has 0 bridgehead atoms. The van der Waals surface area contributed by atoms with E-state index in [1.54, 1.807) is 24.3 Å². The van der Waals surface area contributed by atoms with Crippen LogP contribution in [0, 0.1) is 0 Å². The van der Waals surface area contributed by atoms with Gasteiger partial charge in [0.15, 0.2) is 0 Å². The Hall–Kier alpha value is -4.22. The van der Waals surface area contributed by atoms with Gasteiger partial charge in [0.25, 0.3) is 5.91 Å². The van der Waals surface area contributed by atoms with Gasteiger partial charge in [-0.05, 0) is 35.4 Å². The number of carbonyl (C=O) groups is 2. The number of hydrogen-bond donors (Lipinski definition) is 3. The molecule has 5 heteroatoms. The van der Waals surface area contributed by atoms with Gasteiger partial charge < -0.3 is 10.6 Å². The summed E-state index contributed by atoms with van der Waals surface area (Å²) in [6, 6.07) is 36.1. The molecule has 164 valence electrons. The number of para-hydroxylation sites is 2. The second kappa shape index (κ2) is 10.9. The fraction of sp³-hybridized carbons (Fsp3) is 0.0714. The van der Waals surface area contributed by atoms with E-state index in [-0.39, 0.29) is 24.4 Å². The molecule has 0 unspecified atom stereocenters. The first-order chi connectivity index (χ1) is 16.2. The van der Waals surface area contributed by atoms with Crippen molar-refractivity contribution < 1.29 is 9.59 Å². The Morgan fingerprint density at radius 2 is 1.12 bits per heavy atom. The maximum Gasteiger partial charge on any atom is 0.257 e. The standard InChI is InChI=1S/C28H25N3O2/c32-26(20-29-27(21-12-4-1-5-13-21)22-14-6-2-7-15-22)31-25-19-11-10-18-24(25)28(33)30-23-16-8-3-9-17-23/h1-19,27,29H,20H2,(H,30,33)(H,31,32). The number of carbonyl (C=O) groups excluding carboxylic acids is 2. The van der Waals surface area contributed by atoms with E-state index in [2.05, 4.69) is 16.0 Å². The van der Waals surface area contributed by atoms with Gasteiger partial charge in [-0.15, -0.1) is 0 Å². The van der Waals surface area contributed by atoms with Crippen molar-refractivity contribution in [2.75, 3.05) is 17.2 Å². The first kappa shape index (κ1) is 22.0. The molecule has 2 amide bonds. The summed E-state index contributed by atoms with van der Waals surface area (Å²) in [4.78, 5) is 25.6. The minimum absolute atomic E-state index is 0.0864. The average Bonchev–Trinajstić information content (AvgIpc) is 2.86. The minimum Gasteiger partial charge on any atom is -0.324 e. The fourth-order valence-electron chi connectivity index (χ4n) is 3.62. The molecule has 33 heavy (non-hydrogen) atoms. The van der Waals surface area contributed by atoms with Crippen LogP contribution in [0.4, 0.5) is 11.4 Å². The zero-order valence-electron chi connectivity index (χ0n) is 18.1. The molecule has 4 rings (SSSR count). The van der Waals surface area contributed by atoms with Crippen molar-refractivity contribution >= 4 is 23.2 Å². The molecule has 0 saturated carbocycles. The molecule has 4 aromatic rings. The van der Waals surface area contributed by atoms with Crippen LogP contribution in [-0.2, 0) is 4.79 Å². The summed E-state index contributed by atoms with van der Waals surface area (Å²) in [5.41, 5.74) is 3.70. The van der Waals surface area contributed by atoms with Crippen molar-refractivity contribution in [2.24, 2.45) is 0 Å². The maximum absolute atomic E-state index is 12.8. The van der Waals surface area contributed by atoms with Gasteiger partial charge in [-0.25, -0.2) is 0 Å². The Morgan fingerprint density at radius 3 is 1.73 bits per heavy atom. The molecule has 0 fully saturated rings. The molecule has 5 nitrogen and oxygen atoms in total. The zero-order chi connectivity index (χ0) is 22.9. The van der Waals surface area contributed by atoms with Crippen molar-refractivity contribution in [1.29, 1.82) is 0 Å². The van der Waals surface area contributed by atoms with Crippen molar-refractivity contribution in [3.8, 4) is 0 Å². The predicted molar refractivity (Wildman–Crippen MR) is 132 cm³/mol. The third-order valence-corrected chi connectivity index (χ3v) is 5.21. The molecular weight excluding hydrogens is 410 g/mol. The highest BCUT2D eigenvalue weighted by atomic mass is 16.2. The maximum atomic E-state index is 12.8. The van der Waals surface area contributed by atoms with Gasteiger partial charge in [-0.1, -0.05) is 91.0 Å². The average molecular weight is 436 g/mol. The molecule has 0 aliphatic heterocycles. The van der Waals surface area contributed by atoms with E-state index in [1.807, 2.05) is 91.0 Å². The van der Waals surface area contributed by atoms with Gasteiger partial charge in [0.2, 0.25) is 5.91 Å². The lowest BCUT2D eigenvalue weighted by atomic mass is 9.99. The lowest BCUT2D eigenvalue weighted by Crippen LogP contribution is -2.32. The van der Waals surface area contributed by atoms with Crippen molar-refractivity contribution in [3.05, 3.63) is 132 Å². The van der Waals surface area contributed by atoms with Crippen molar-refractivity contribution in [3.63, 3.8) is 0 Å². The van der Waals surface area contributed by atoms with E-state index in [4.69, 9.17) is 0 Å². The second-order valence-corrected chi connectivity index (χ2v) is 7.55. The number of rotatable bonds is 8. The van der Waals surface area contributed by atoms with Crippen LogP contribution in [-0.4, -0.2) is 18.4 Å². The smallest absolute Gasteiger partial charge is 0.257 e. The van der Waals surface area contributed by atoms with E-state index in [0.29, 0.717) is 16.9 Å². The van der Waals surface area contributed by atoms with Crippen LogP contribution in [0.3, 0.4) is 0 Å². The molecular formula is C28H25N3O2. The van der Waals surface area contributed by atoms with Gasteiger partial charge in [0, 0.05) is 5.69 Å². The molecule has 0 aliphatic rings. The van der Waals surface area contributed by atoms with Gasteiger partial charge in [-0.2, -0.15) is 0 Å². The largest absolute Gasteiger partial charge is 0.324 e. The van der Waals surface area contributed by atoms with E-state index in [1.165, 1.54) is 0 Å². The van der Waals surface area contributed by atoms with Crippen LogP contribution in [0.15, 0.2) is 115 Å². The van der Waals surface area contributed by atoms with Gasteiger partial charge >= 0.3 is 0 Å². The molecule has 0 radical (unpaired) electrons. The van der Waals surface area contributed by atoms with Gasteiger partial charge in [0.1, 0.15) is 0 Å². The van der Waals surface area contributed by atoms with Crippen molar-refractivity contribution in [2.45, 2.75) is 6.04 Å². The SMILES string of the molecule is O=C(CNC(c1ccccc1)c1ccccc1)Nc1ccccc1C(=O)Nc1ccccc1. The Labute approximate surface area is 193 Å². The number of amides is 2. The molecule has 0 spiro atoms. The van der Waals surface area contributed by atoms with Gasteiger partial charge in [0.05, 0.1) is 23.8 Å². The van der Waals surface area contributed by atoms with E-state index < -0.39 is 0 Å². The van der Waals surface area contributed by atoms with Crippen LogP contribution in [0.25, 0.3) is 0 Å². The Morgan fingerprint density at radius 1 is 0.606 bits per heavy atom. The minimum atomic E-state index is -0.281. The summed E-state index contributed by atoms with van der Waals surface area (Å²) in [6.07, 6.45) is 0. The lowest BCUT2D eigenvalue weighted by Gasteiger charge is -2.20. The first-order valence-corrected chi connectivity index (χ1v) is 10.8. The Bertz CT molecular complexity index is 1160. The monoisotopic (exact) mass is 435 g/mol. The molecule has 4 aromatic carbocycles. The number of benzene rings is 4. The third-order valence-electron chi connectivity index (χ3n) is 5.21. The lowest BCUT2D eigenvalue weighted by molar-refractivity contribution is -0.115. The fourth-order valence-corrected chi connectivity index (χ4v) is 3.62. The second-order valence-electron chi connectivity index (χ2n) is 7.55. The summed E-state index contributed by atoms with van der Waals surface area (Å²) in [6.45, 7) is 0.0864. The third kappa shape index (κ3) is 5.93. The van der Waals surface area contributed by atoms with Crippen LogP contribution < -0.4 is 16.0 Å². The molecule has 0 atom stereocenters. The number of anilines is 2. The van der Waals surface area contributed by atoms with Crippen LogP contribution in [0.1, 0.15) is 27.5 Å². The predicted octanol–water partition coefficient (Wildman–Crippen LogP) is 5.26. The molecule has 0 aromatic heterocycles. The van der Waals surface area contributed by atoms with Crippen LogP contribution in [0.5, 0.6) is 0 Å². The summed E-state index contributed by atoms with van der Waals surface area (Å²) in [7, 11) is 0. The quantitative estimate of drug-likeness (QED) is 0.354. The number of hydrogen-bond acceptors (Lipinski definition) is 3. The highest BCUT2D eigenvalue weighted by molar-refractivity contribution is 6.10. The summed E-state index contributed by atoms with van der Waals surface area (Å²) < 4.78 is 0. The van der Waals surface area contributed by atoms with E-state index in [0.717, 1.165) is 11.1 Å². The van der Waals surface area contributed by atoms with Crippen molar-refractivity contribution in [1.82, 2.24) is 5.32 Å². The molecule has 0 aliphatic carbocycles. The highest BCUT2D eigenvalue weighted by Crippen LogP contribution is 2.22. The summed E-state index contributed by atoms with van der Waals surface area (Å²) >= 11 is 0.